The second kappa shape index (κ2) is 4.02. The smallest absolute Gasteiger partial charge is 0.133 e. The van der Waals surface area contributed by atoms with E-state index in [1.807, 2.05) is 12.1 Å². The lowest BCUT2D eigenvalue weighted by Gasteiger charge is -2.26. The lowest BCUT2D eigenvalue weighted by atomic mass is 9.88. The largest absolute Gasteiger partial charge is 0.512 e. The number of allylic oxidation sites excluding steroid dienone is 1. The predicted octanol–water partition coefficient (Wildman–Crippen LogP) is 2.28. The molecule has 0 spiro atoms. The van der Waals surface area contributed by atoms with Gasteiger partial charge in [0.25, 0.3) is 0 Å². The molecule has 1 aromatic carbocycles. The SMILES string of the molecule is COc1ccccc1C1(O)C=CCC(O)=C1. The van der Waals surface area contributed by atoms with Crippen molar-refractivity contribution in [2.24, 2.45) is 0 Å². The maximum Gasteiger partial charge on any atom is 0.133 e. The van der Waals surface area contributed by atoms with Crippen LogP contribution >= 0.6 is 0 Å². The molecule has 0 radical (unpaired) electrons. The van der Waals surface area contributed by atoms with Crippen LogP contribution in [0.3, 0.4) is 0 Å². The van der Waals surface area contributed by atoms with Crippen LogP contribution in [0.15, 0.2) is 48.3 Å². The van der Waals surface area contributed by atoms with Crippen LogP contribution in [0.1, 0.15) is 12.0 Å². The van der Waals surface area contributed by atoms with Crippen molar-refractivity contribution in [1.82, 2.24) is 0 Å². The van der Waals surface area contributed by atoms with Crippen molar-refractivity contribution in [2.75, 3.05) is 7.11 Å². The van der Waals surface area contributed by atoms with Gasteiger partial charge >= 0.3 is 0 Å². The van der Waals surface area contributed by atoms with Gasteiger partial charge in [0.05, 0.1) is 12.9 Å². The van der Waals surface area contributed by atoms with E-state index in [4.69, 9.17) is 4.74 Å². The number of aliphatic hydroxyl groups excluding tert-OH is 1. The third-order valence-electron chi connectivity index (χ3n) is 2.62. The monoisotopic (exact) mass is 218 g/mol. The summed E-state index contributed by atoms with van der Waals surface area (Å²) in [6.45, 7) is 0. The Balaban J connectivity index is 2.50. The number of hydrogen-bond donors (Lipinski definition) is 2. The molecule has 0 aromatic heterocycles. The van der Waals surface area contributed by atoms with E-state index in [-0.39, 0.29) is 5.76 Å². The fourth-order valence-corrected chi connectivity index (χ4v) is 1.86. The van der Waals surface area contributed by atoms with Gasteiger partial charge in [-0.05, 0) is 18.2 Å². The summed E-state index contributed by atoms with van der Waals surface area (Å²) in [5.74, 6) is 0.761. The van der Waals surface area contributed by atoms with E-state index in [0.717, 1.165) is 0 Å². The molecule has 1 unspecified atom stereocenters. The van der Waals surface area contributed by atoms with Crippen LogP contribution in [-0.2, 0) is 5.60 Å². The van der Waals surface area contributed by atoms with Crippen molar-refractivity contribution in [3.8, 4) is 5.75 Å². The lowest BCUT2D eigenvalue weighted by molar-refractivity contribution is 0.131. The van der Waals surface area contributed by atoms with E-state index in [0.29, 0.717) is 17.7 Å². The lowest BCUT2D eigenvalue weighted by Crippen LogP contribution is -2.23. The molecule has 1 atom stereocenters. The van der Waals surface area contributed by atoms with Gasteiger partial charge < -0.3 is 14.9 Å². The van der Waals surface area contributed by atoms with E-state index in [1.165, 1.54) is 6.08 Å². The van der Waals surface area contributed by atoms with Crippen LogP contribution in [0.4, 0.5) is 0 Å². The summed E-state index contributed by atoms with van der Waals surface area (Å²) >= 11 is 0. The second-order valence-corrected chi connectivity index (χ2v) is 3.77. The first kappa shape index (κ1) is 10.8. The molecule has 0 bridgehead atoms. The van der Waals surface area contributed by atoms with E-state index in [2.05, 4.69) is 0 Å². The molecule has 0 saturated carbocycles. The molecule has 2 rings (SSSR count). The molecule has 1 aliphatic rings. The molecule has 16 heavy (non-hydrogen) atoms. The van der Waals surface area contributed by atoms with Crippen LogP contribution in [0, 0.1) is 0 Å². The average Bonchev–Trinajstić information content (AvgIpc) is 2.29. The third-order valence-corrected chi connectivity index (χ3v) is 2.62. The molecular weight excluding hydrogens is 204 g/mol. The van der Waals surface area contributed by atoms with Crippen molar-refractivity contribution >= 4 is 0 Å². The summed E-state index contributed by atoms with van der Waals surface area (Å²) < 4.78 is 5.19. The zero-order valence-corrected chi connectivity index (χ0v) is 9.05. The van der Waals surface area contributed by atoms with E-state index in [1.54, 1.807) is 31.4 Å². The molecule has 2 N–H and O–H groups in total. The highest BCUT2D eigenvalue weighted by Gasteiger charge is 2.29. The minimum absolute atomic E-state index is 0.163. The molecule has 0 saturated heterocycles. The van der Waals surface area contributed by atoms with Crippen molar-refractivity contribution in [2.45, 2.75) is 12.0 Å². The van der Waals surface area contributed by atoms with Crippen LogP contribution in [-0.4, -0.2) is 17.3 Å². The van der Waals surface area contributed by atoms with Gasteiger partial charge in [-0.3, -0.25) is 0 Å². The first-order valence-corrected chi connectivity index (χ1v) is 5.10. The van der Waals surface area contributed by atoms with Gasteiger partial charge in [-0.15, -0.1) is 0 Å². The van der Waals surface area contributed by atoms with Crippen molar-refractivity contribution in [3.05, 3.63) is 53.8 Å². The third kappa shape index (κ3) is 1.82. The molecule has 0 aliphatic heterocycles. The average molecular weight is 218 g/mol. The van der Waals surface area contributed by atoms with Gasteiger partial charge in [-0.1, -0.05) is 24.3 Å². The Hall–Kier alpha value is -1.74. The topological polar surface area (TPSA) is 49.7 Å². The molecule has 0 fully saturated rings. The number of benzene rings is 1. The maximum atomic E-state index is 10.4. The summed E-state index contributed by atoms with van der Waals surface area (Å²) in [5, 5.41) is 19.9. The highest BCUT2D eigenvalue weighted by Crippen LogP contribution is 2.35. The highest BCUT2D eigenvalue weighted by molar-refractivity contribution is 5.45. The molecule has 3 heteroatoms. The molecular formula is C13H14O3. The Bertz CT molecular complexity index is 448. The number of methoxy groups -OCH3 is 1. The highest BCUT2D eigenvalue weighted by atomic mass is 16.5. The first-order valence-electron chi connectivity index (χ1n) is 5.10. The minimum Gasteiger partial charge on any atom is -0.512 e. The summed E-state index contributed by atoms with van der Waals surface area (Å²) in [6, 6.07) is 7.21. The number of aliphatic hydroxyl groups is 2. The van der Waals surface area contributed by atoms with E-state index < -0.39 is 5.60 Å². The zero-order chi connectivity index (χ0) is 11.6. The summed E-state index contributed by atoms with van der Waals surface area (Å²) in [5.41, 5.74) is -0.658. The van der Waals surface area contributed by atoms with E-state index in [9.17, 15) is 10.2 Å². The van der Waals surface area contributed by atoms with Gasteiger partial charge in [0.1, 0.15) is 11.4 Å². The molecule has 84 valence electrons. The van der Waals surface area contributed by atoms with Gasteiger partial charge in [0.15, 0.2) is 0 Å². The quantitative estimate of drug-likeness (QED) is 0.749. The molecule has 3 nitrogen and oxygen atoms in total. The molecule has 0 amide bonds. The fourth-order valence-electron chi connectivity index (χ4n) is 1.86. The fraction of sp³-hybridized carbons (Fsp3) is 0.231. The van der Waals surface area contributed by atoms with Crippen LogP contribution in [0.2, 0.25) is 0 Å². The number of rotatable bonds is 2. The predicted molar refractivity (Wildman–Crippen MR) is 61.4 cm³/mol. The second-order valence-electron chi connectivity index (χ2n) is 3.77. The Morgan fingerprint density at radius 3 is 2.75 bits per heavy atom. The van der Waals surface area contributed by atoms with Gasteiger partial charge in [-0.25, -0.2) is 0 Å². The number of para-hydroxylation sites is 1. The summed E-state index contributed by atoms with van der Waals surface area (Å²) in [6.07, 6.45) is 5.29. The van der Waals surface area contributed by atoms with Gasteiger partial charge in [0.2, 0.25) is 0 Å². The van der Waals surface area contributed by atoms with Gasteiger partial charge in [0, 0.05) is 12.0 Å². The Morgan fingerprint density at radius 1 is 1.31 bits per heavy atom. The molecule has 1 aromatic rings. The standard InChI is InChI=1S/C13H14O3/c1-16-12-7-3-2-6-11(12)13(15)8-4-5-10(14)9-13/h2-4,6-9,14-15H,5H2,1H3. The number of ether oxygens (including phenoxy) is 1. The van der Waals surface area contributed by atoms with E-state index >= 15 is 0 Å². The van der Waals surface area contributed by atoms with Gasteiger partial charge in [-0.2, -0.15) is 0 Å². The molecule has 0 heterocycles. The normalized spacial score (nSPS) is 24.0. The Kier molecular flexibility index (Phi) is 2.71. The molecule has 1 aliphatic carbocycles. The summed E-state index contributed by atoms with van der Waals surface area (Å²) in [7, 11) is 1.55. The van der Waals surface area contributed by atoms with Crippen LogP contribution in [0.5, 0.6) is 5.75 Å². The van der Waals surface area contributed by atoms with Crippen molar-refractivity contribution in [3.63, 3.8) is 0 Å². The Labute approximate surface area is 94.3 Å². The summed E-state index contributed by atoms with van der Waals surface area (Å²) in [4.78, 5) is 0. The first-order chi connectivity index (χ1) is 7.65. The number of hydrogen-bond acceptors (Lipinski definition) is 3. The zero-order valence-electron chi connectivity index (χ0n) is 9.05. The van der Waals surface area contributed by atoms with Crippen molar-refractivity contribution in [1.29, 1.82) is 0 Å². The van der Waals surface area contributed by atoms with Crippen LogP contribution < -0.4 is 4.74 Å². The Morgan fingerprint density at radius 2 is 2.06 bits per heavy atom. The van der Waals surface area contributed by atoms with Crippen LogP contribution in [0.25, 0.3) is 0 Å². The minimum atomic E-state index is -1.28. The van der Waals surface area contributed by atoms with Crippen molar-refractivity contribution < 1.29 is 14.9 Å². The maximum absolute atomic E-state index is 10.4.